The number of rotatable bonds is 5. The van der Waals surface area contributed by atoms with E-state index in [1.54, 1.807) is 12.1 Å². The Labute approximate surface area is 98.8 Å². The van der Waals surface area contributed by atoms with Crippen LogP contribution in [0.25, 0.3) is 0 Å². The van der Waals surface area contributed by atoms with Gasteiger partial charge in [-0.3, -0.25) is 0 Å². The number of alkyl halides is 1. The van der Waals surface area contributed by atoms with E-state index < -0.39 is 0 Å². The molecule has 0 aliphatic carbocycles. The van der Waals surface area contributed by atoms with Crippen LogP contribution in [0.15, 0.2) is 24.3 Å². The molecule has 0 fully saturated rings. The van der Waals surface area contributed by atoms with E-state index in [4.69, 9.17) is 4.74 Å². The predicted octanol–water partition coefficient (Wildman–Crippen LogP) is 3.93. The fraction of sp³-hybridized carbons (Fsp3) is 0.500. The predicted molar refractivity (Wildman–Crippen MR) is 63.7 cm³/mol. The van der Waals surface area contributed by atoms with E-state index in [1.807, 2.05) is 6.07 Å². The summed E-state index contributed by atoms with van der Waals surface area (Å²) in [6.07, 6.45) is -0.200. The van der Waals surface area contributed by atoms with Gasteiger partial charge in [0.2, 0.25) is 0 Å². The summed E-state index contributed by atoms with van der Waals surface area (Å²) in [4.78, 5) is 0. The highest BCUT2D eigenvalue weighted by Gasteiger charge is 2.14. The third-order valence-corrected chi connectivity index (χ3v) is 2.61. The molecule has 1 nitrogen and oxygen atoms in total. The molecule has 0 heterocycles. The molecule has 1 rings (SSSR count). The maximum atomic E-state index is 13.5. The zero-order chi connectivity index (χ0) is 11.3. The molecular formula is C12H16BrFO. The van der Waals surface area contributed by atoms with E-state index in [2.05, 4.69) is 29.8 Å². The molecule has 0 amide bonds. The molecule has 1 unspecified atom stereocenters. The maximum Gasteiger partial charge on any atom is 0.129 e. The number of benzene rings is 1. The van der Waals surface area contributed by atoms with Crippen LogP contribution in [0.3, 0.4) is 0 Å². The van der Waals surface area contributed by atoms with Gasteiger partial charge >= 0.3 is 0 Å². The van der Waals surface area contributed by atoms with E-state index in [0.717, 1.165) is 0 Å². The molecule has 0 aliphatic rings. The summed E-state index contributed by atoms with van der Waals surface area (Å²) < 4.78 is 19.1. The lowest BCUT2D eigenvalue weighted by molar-refractivity contribution is 0.0486. The first-order chi connectivity index (χ1) is 7.15. The topological polar surface area (TPSA) is 9.23 Å². The molecule has 0 aromatic heterocycles. The molecule has 0 aliphatic heterocycles. The second-order valence-electron chi connectivity index (χ2n) is 3.89. The highest BCUT2D eigenvalue weighted by Crippen LogP contribution is 2.23. The number of hydrogen-bond donors (Lipinski definition) is 0. The SMILES string of the molecule is CC(C)COC(CBr)c1ccccc1F. The number of ether oxygens (including phenoxy) is 1. The van der Waals surface area contributed by atoms with Crippen molar-refractivity contribution in [3.63, 3.8) is 0 Å². The van der Waals surface area contributed by atoms with Gasteiger partial charge in [0.25, 0.3) is 0 Å². The fourth-order valence-corrected chi connectivity index (χ4v) is 1.80. The lowest BCUT2D eigenvalue weighted by Gasteiger charge is -2.17. The van der Waals surface area contributed by atoms with Gasteiger partial charge in [-0.05, 0) is 12.0 Å². The van der Waals surface area contributed by atoms with E-state index in [9.17, 15) is 4.39 Å². The van der Waals surface area contributed by atoms with Crippen molar-refractivity contribution < 1.29 is 9.13 Å². The largest absolute Gasteiger partial charge is 0.372 e. The second-order valence-corrected chi connectivity index (χ2v) is 4.54. The van der Waals surface area contributed by atoms with Gasteiger partial charge in [-0.25, -0.2) is 4.39 Å². The van der Waals surface area contributed by atoms with Crippen LogP contribution in [0.1, 0.15) is 25.5 Å². The maximum absolute atomic E-state index is 13.5. The minimum Gasteiger partial charge on any atom is -0.372 e. The van der Waals surface area contributed by atoms with Crippen molar-refractivity contribution in [2.24, 2.45) is 5.92 Å². The molecule has 15 heavy (non-hydrogen) atoms. The van der Waals surface area contributed by atoms with Crippen molar-refractivity contribution in [2.45, 2.75) is 20.0 Å². The smallest absolute Gasteiger partial charge is 0.129 e. The van der Waals surface area contributed by atoms with Crippen LogP contribution in [0.2, 0.25) is 0 Å². The molecule has 0 radical (unpaired) electrons. The number of hydrogen-bond acceptors (Lipinski definition) is 1. The summed E-state index contributed by atoms with van der Waals surface area (Å²) in [5.74, 6) is 0.254. The Bertz CT molecular complexity index is 301. The normalized spacial score (nSPS) is 13.1. The minimum atomic E-state index is -0.203. The second kappa shape index (κ2) is 6.23. The van der Waals surface area contributed by atoms with E-state index in [1.165, 1.54) is 6.07 Å². The van der Waals surface area contributed by atoms with Crippen molar-refractivity contribution >= 4 is 15.9 Å². The molecule has 0 saturated carbocycles. The van der Waals surface area contributed by atoms with Gasteiger partial charge in [-0.15, -0.1) is 0 Å². The third kappa shape index (κ3) is 3.92. The Balaban J connectivity index is 2.70. The van der Waals surface area contributed by atoms with Crippen LogP contribution in [0.4, 0.5) is 4.39 Å². The quantitative estimate of drug-likeness (QED) is 0.740. The first-order valence-corrected chi connectivity index (χ1v) is 6.19. The molecule has 1 aromatic carbocycles. The summed E-state index contributed by atoms with van der Waals surface area (Å²) in [5, 5.41) is 0.612. The summed E-state index contributed by atoms with van der Waals surface area (Å²) in [6.45, 7) is 4.80. The Morgan fingerprint density at radius 2 is 2.00 bits per heavy atom. The molecule has 0 bridgehead atoms. The molecule has 1 aromatic rings. The van der Waals surface area contributed by atoms with Crippen LogP contribution < -0.4 is 0 Å². The Morgan fingerprint density at radius 1 is 1.33 bits per heavy atom. The molecular weight excluding hydrogens is 259 g/mol. The lowest BCUT2D eigenvalue weighted by Crippen LogP contribution is -2.11. The molecule has 0 spiro atoms. The first kappa shape index (κ1) is 12.7. The molecule has 3 heteroatoms. The minimum absolute atomic E-state index is 0.200. The Hall–Kier alpha value is -0.410. The molecule has 1 atom stereocenters. The number of halogens is 2. The van der Waals surface area contributed by atoms with Gasteiger partial charge in [0.15, 0.2) is 0 Å². The molecule has 0 N–H and O–H groups in total. The van der Waals surface area contributed by atoms with Crippen molar-refractivity contribution in [1.82, 2.24) is 0 Å². The standard InChI is InChI=1S/C12H16BrFO/c1-9(2)8-15-12(7-13)10-5-3-4-6-11(10)14/h3-6,9,12H,7-8H2,1-2H3. The average Bonchev–Trinajstić information content (AvgIpc) is 2.21. The monoisotopic (exact) mass is 274 g/mol. The highest BCUT2D eigenvalue weighted by molar-refractivity contribution is 9.09. The van der Waals surface area contributed by atoms with Gasteiger partial charge in [-0.1, -0.05) is 48.0 Å². The molecule has 84 valence electrons. The van der Waals surface area contributed by atoms with Crippen LogP contribution in [0.5, 0.6) is 0 Å². The van der Waals surface area contributed by atoms with Crippen LogP contribution in [0, 0.1) is 11.7 Å². The van der Waals surface area contributed by atoms with Gasteiger partial charge < -0.3 is 4.74 Å². The summed E-state index contributed by atoms with van der Waals surface area (Å²) >= 11 is 3.35. The van der Waals surface area contributed by atoms with Crippen molar-refractivity contribution in [2.75, 3.05) is 11.9 Å². The van der Waals surface area contributed by atoms with Crippen molar-refractivity contribution in [3.05, 3.63) is 35.6 Å². The van der Waals surface area contributed by atoms with Gasteiger partial charge in [0.1, 0.15) is 5.82 Å². The van der Waals surface area contributed by atoms with Crippen molar-refractivity contribution in [3.8, 4) is 0 Å². The van der Waals surface area contributed by atoms with Crippen LogP contribution >= 0.6 is 15.9 Å². The van der Waals surface area contributed by atoms with Crippen LogP contribution in [-0.4, -0.2) is 11.9 Å². The summed E-state index contributed by atoms with van der Waals surface area (Å²) in [6, 6.07) is 6.74. The molecule has 0 saturated heterocycles. The van der Waals surface area contributed by atoms with Gasteiger partial charge in [0.05, 0.1) is 6.10 Å². The van der Waals surface area contributed by atoms with Crippen LogP contribution in [-0.2, 0) is 4.74 Å². The summed E-state index contributed by atoms with van der Waals surface area (Å²) in [5.41, 5.74) is 0.620. The highest BCUT2D eigenvalue weighted by atomic mass is 79.9. The van der Waals surface area contributed by atoms with E-state index >= 15 is 0 Å². The average molecular weight is 275 g/mol. The summed E-state index contributed by atoms with van der Waals surface area (Å²) in [7, 11) is 0. The van der Waals surface area contributed by atoms with Crippen molar-refractivity contribution in [1.29, 1.82) is 0 Å². The zero-order valence-electron chi connectivity index (χ0n) is 9.04. The first-order valence-electron chi connectivity index (χ1n) is 5.07. The zero-order valence-corrected chi connectivity index (χ0v) is 10.6. The van der Waals surface area contributed by atoms with Gasteiger partial charge in [0, 0.05) is 17.5 Å². The van der Waals surface area contributed by atoms with E-state index in [-0.39, 0.29) is 11.9 Å². The van der Waals surface area contributed by atoms with Gasteiger partial charge in [-0.2, -0.15) is 0 Å². The third-order valence-electron chi connectivity index (χ3n) is 2.02. The Kier molecular flexibility index (Phi) is 5.26. The van der Waals surface area contributed by atoms with E-state index in [0.29, 0.717) is 23.4 Å². The Morgan fingerprint density at radius 3 is 2.53 bits per heavy atom. The fourth-order valence-electron chi connectivity index (χ4n) is 1.26. The lowest BCUT2D eigenvalue weighted by atomic mass is 10.1.